The van der Waals surface area contributed by atoms with Gasteiger partial charge in [-0.1, -0.05) is 91.0 Å². The topological polar surface area (TPSA) is 35.7 Å². The summed E-state index contributed by atoms with van der Waals surface area (Å²) < 4.78 is 0. The Labute approximate surface area is 167 Å². The maximum absolute atomic E-state index is 6.13. The van der Waals surface area contributed by atoms with Crippen LogP contribution in [-0.2, 0) is 19.6 Å². The SMILES string of the molecule is NCC1=CN(Cc2ccccc2)N(Cc2ccccc2)N1Cc1ccccc1. The van der Waals surface area contributed by atoms with E-state index in [2.05, 4.69) is 112 Å². The Balaban J connectivity index is 1.62. The van der Waals surface area contributed by atoms with Crippen molar-refractivity contribution in [3.8, 4) is 0 Å². The molecule has 0 saturated heterocycles. The molecule has 28 heavy (non-hydrogen) atoms. The van der Waals surface area contributed by atoms with Gasteiger partial charge >= 0.3 is 0 Å². The fraction of sp³-hybridized carbons (Fsp3) is 0.167. The highest BCUT2D eigenvalue weighted by Crippen LogP contribution is 2.27. The van der Waals surface area contributed by atoms with E-state index in [0.29, 0.717) is 6.54 Å². The standard InChI is InChI=1S/C24H26N4/c25-16-24-20-26(17-21-10-4-1-5-11-21)28(19-23-14-8-3-9-15-23)27(24)18-22-12-6-2-7-13-22/h1-15,20H,16-19,25H2. The predicted octanol–water partition coefficient (Wildman–Crippen LogP) is 4.14. The first-order chi connectivity index (χ1) is 13.8. The summed E-state index contributed by atoms with van der Waals surface area (Å²) in [7, 11) is 0. The number of benzene rings is 3. The molecule has 0 bridgehead atoms. The van der Waals surface area contributed by atoms with E-state index in [1.54, 1.807) is 0 Å². The normalized spacial score (nSPS) is 14.4. The highest BCUT2D eigenvalue weighted by atomic mass is 15.9. The summed E-state index contributed by atoms with van der Waals surface area (Å²) in [6.45, 7) is 2.90. The molecular formula is C24H26N4. The van der Waals surface area contributed by atoms with Gasteiger partial charge in [0.05, 0.1) is 25.3 Å². The minimum Gasteiger partial charge on any atom is -0.325 e. The van der Waals surface area contributed by atoms with Crippen LogP contribution in [0.5, 0.6) is 0 Å². The fourth-order valence-electron chi connectivity index (χ4n) is 3.51. The molecule has 1 heterocycles. The van der Waals surface area contributed by atoms with Crippen LogP contribution >= 0.6 is 0 Å². The molecule has 142 valence electrons. The number of nitrogens with two attached hydrogens (primary N) is 1. The minimum atomic E-state index is 0.503. The lowest BCUT2D eigenvalue weighted by atomic mass is 10.2. The first-order valence-electron chi connectivity index (χ1n) is 9.67. The molecule has 0 aromatic heterocycles. The highest BCUT2D eigenvalue weighted by Gasteiger charge is 2.29. The first-order valence-corrected chi connectivity index (χ1v) is 9.67. The zero-order valence-corrected chi connectivity index (χ0v) is 16.0. The van der Waals surface area contributed by atoms with E-state index in [1.165, 1.54) is 16.7 Å². The molecule has 0 aliphatic carbocycles. The van der Waals surface area contributed by atoms with Gasteiger partial charge in [0.2, 0.25) is 0 Å². The van der Waals surface area contributed by atoms with E-state index in [9.17, 15) is 0 Å². The summed E-state index contributed by atoms with van der Waals surface area (Å²) in [5, 5.41) is 6.87. The van der Waals surface area contributed by atoms with Gasteiger partial charge in [0, 0.05) is 12.7 Å². The van der Waals surface area contributed by atoms with Gasteiger partial charge in [0.25, 0.3) is 0 Å². The summed E-state index contributed by atoms with van der Waals surface area (Å²) in [6, 6.07) is 31.7. The molecule has 4 heteroatoms. The van der Waals surface area contributed by atoms with Gasteiger partial charge in [-0.2, -0.15) is 0 Å². The molecule has 4 nitrogen and oxygen atoms in total. The molecule has 3 aromatic carbocycles. The average Bonchev–Trinajstić information content (AvgIpc) is 3.06. The predicted molar refractivity (Wildman–Crippen MR) is 113 cm³/mol. The zero-order valence-electron chi connectivity index (χ0n) is 16.0. The van der Waals surface area contributed by atoms with Crippen molar-refractivity contribution in [1.82, 2.24) is 15.1 Å². The van der Waals surface area contributed by atoms with Crippen molar-refractivity contribution < 1.29 is 0 Å². The zero-order chi connectivity index (χ0) is 19.2. The van der Waals surface area contributed by atoms with Crippen molar-refractivity contribution in [2.75, 3.05) is 6.54 Å². The lowest BCUT2D eigenvalue weighted by Crippen LogP contribution is -2.44. The Kier molecular flexibility index (Phi) is 5.71. The van der Waals surface area contributed by atoms with Gasteiger partial charge < -0.3 is 5.73 Å². The van der Waals surface area contributed by atoms with Crippen LogP contribution in [-0.4, -0.2) is 21.7 Å². The monoisotopic (exact) mass is 370 g/mol. The quantitative estimate of drug-likeness (QED) is 0.678. The summed E-state index contributed by atoms with van der Waals surface area (Å²) in [4.78, 5) is 0. The smallest absolute Gasteiger partial charge is 0.0643 e. The van der Waals surface area contributed by atoms with E-state index >= 15 is 0 Å². The van der Waals surface area contributed by atoms with Crippen LogP contribution in [0.4, 0.5) is 0 Å². The van der Waals surface area contributed by atoms with Crippen LogP contribution in [0.2, 0.25) is 0 Å². The maximum atomic E-state index is 6.13. The van der Waals surface area contributed by atoms with E-state index in [-0.39, 0.29) is 0 Å². The Morgan fingerprint density at radius 3 is 1.54 bits per heavy atom. The second kappa shape index (κ2) is 8.74. The third-order valence-electron chi connectivity index (χ3n) is 4.94. The minimum absolute atomic E-state index is 0.503. The molecule has 1 aliphatic rings. The molecule has 0 spiro atoms. The first kappa shape index (κ1) is 18.3. The van der Waals surface area contributed by atoms with Crippen LogP contribution < -0.4 is 5.73 Å². The molecule has 0 radical (unpaired) electrons. The van der Waals surface area contributed by atoms with E-state index < -0.39 is 0 Å². The Bertz CT molecular complexity index is 894. The fourth-order valence-corrected chi connectivity index (χ4v) is 3.51. The van der Waals surface area contributed by atoms with Gasteiger partial charge in [0.1, 0.15) is 0 Å². The van der Waals surface area contributed by atoms with Crippen LogP contribution in [0.1, 0.15) is 16.7 Å². The van der Waals surface area contributed by atoms with Gasteiger partial charge in [-0.25, -0.2) is 0 Å². The summed E-state index contributed by atoms with van der Waals surface area (Å²) >= 11 is 0. The van der Waals surface area contributed by atoms with Gasteiger partial charge in [0.15, 0.2) is 0 Å². The van der Waals surface area contributed by atoms with Gasteiger partial charge in [-0.3, -0.25) is 10.0 Å². The van der Waals surface area contributed by atoms with Crippen molar-refractivity contribution in [3.05, 3.63) is 120 Å². The van der Waals surface area contributed by atoms with Crippen molar-refractivity contribution in [2.24, 2.45) is 5.73 Å². The molecule has 4 rings (SSSR count). The van der Waals surface area contributed by atoms with Crippen molar-refractivity contribution >= 4 is 0 Å². The van der Waals surface area contributed by atoms with Crippen LogP contribution in [0.3, 0.4) is 0 Å². The second-order valence-corrected chi connectivity index (χ2v) is 6.97. The van der Waals surface area contributed by atoms with E-state index in [0.717, 1.165) is 25.3 Å². The number of rotatable bonds is 7. The van der Waals surface area contributed by atoms with Crippen LogP contribution in [0.25, 0.3) is 0 Å². The molecule has 3 aromatic rings. The third kappa shape index (κ3) is 4.25. The molecule has 1 aliphatic heterocycles. The Hall–Kier alpha value is -3.08. The van der Waals surface area contributed by atoms with Crippen LogP contribution in [0, 0.1) is 0 Å². The number of hydrazine groups is 2. The molecule has 0 amide bonds. The summed E-state index contributed by atoms with van der Waals surface area (Å²) in [6.07, 6.45) is 2.18. The highest BCUT2D eigenvalue weighted by molar-refractivity contribution is 5.20. The molecule has 0 atom stereocenters. The van der Waals surface area contributed by atoms with E-state index in [1.807, 2.05) is 0 Å². The van der Waals surface area contributed by atoms with E-state index in [4.69, 9.17) is 5.73 Å². The Morgan fingerprint density at radius 1 is 0.571 bits per heavy atom. The largest absolute Gasteiger partial charge is 0.325 e. The lowest BCUT2D eigenvalue weighted by molar-refractivity contribution is -0.133. The van der Waals surface area contributed by atoms with Crippen molar-refractivity contribution in [1.29, 1.82) is 0 Å². The van der Waals surface area contributed by atoms with Gasteiger partial charge in [-0.15, -0.1) is 5.12 Å². The van der Waals surface area contributed by atoms with Crippen molar-refractivity contribution in [3.63, 3.8) is 0 Å². The second-order valence-electron chi connectivity index (χ2n) is 6.97. The number of hydrogen-bond donors (Lipinski definition) is 1. The molecular weight excluding hydrogens is 344 g/mol. The summed E-state index contributed by atoms with van der Waals surface area (Å²) in [5.74, 6) is 0. The van der Waals surface area contributed by atoms with Crippen molar-refractivity contribution in [2.45, 2.75) is 19.6 Å². The summed E-state index contributed by atoms with van der Waals surface area (Å²) in [5.41, 5.74) is 11.1. The lowest BCUT2D eigenvalue weighted by Gasteiger charge is -2.37. The van der Waals surface area contributed by atoms with Gasteiger partial charge in [-0.05, 0) is 16.7 Å². The number of hydrogen-bond acceptors (Lipinski definition) is 4. The average molecular weight is 371 g/mol. The molecule has 0 unspecified atom stereocenters. The molecule has 2 N–H and O–H groups in total. The number of nitrogens with zero attached hydrogens (tertiary/aromatic N) is 3. The van der Waals surface area contributed by atoms with Crippen LogP contribution in [0.15, 0.2) is 103 Å². The Morgan fingerprint density at radius 2 is 1.04 bits per heavy atom. The maximum Gasteiger partial charge on any atom is 0.0643 e. The third-order valence-corrected chi connectivity index (χ3v) is 4.94. The molecule has 0 fully saturated rings. The molecule has 0 saturated carbocycles.